The van der Waals surface area contributed by atoms with E-state index in [2.05, 4.69) is 27.1 Å². The summed E-state index contributed by atoms with van der Waals surface area (Å²) in [6, 6.07) is 11.4. The maximum Gasteiger partial charge on any atom is 0.251 e. The number of allylic oxidation sites excluding steroid dienone is 1. The van der Waals surface area contributed by atoms with Crippen LogP contribution in [0.25, 0.3) is 11.4 Å². The number of carbonyl (C=O) groups is 1. The van der Waals surface area contributed by atoms with Gasteiger partial charge >= 0.3 is 0 Å². The number of nitrogens with one attached hydrogen (secondary N) is 1. The van der Waals surface area contributed by atoms with Gasteiger partial charge in [-0.25, -0.2) is 0 Å². The fourth-order valence-electron chi connectivity index (χ4n) is 2.77. The first-order chi connectivity index (χ1) is 14.2. The molecule has 1 aromatic carbocycles. The van der Waals surface area contributed by atoms with Gasteiger partial charge in [0.15, 0.2) is 11.0 Å². The van der Waals surface area contributed by atoms with Crippen molar-refractivity contribution >= 4 is 17.7 Å². The summed E-state index contributed by atoms with van der Waals surface area (Å²) in [5.41, 5.74) is 2.48. The third-order valence-corrected chi connectivity index (χ3v) is 5.17. The van der Waals surface area contributed by atoms with Crippen molar-refractivity contribution in [1.82, 2.24) is 25.1 Å². The van der Waals surface area contributed by atoms with Gasteiger partial charge in [-0.2, -0.15) is 0 Å². The smallest absolute Gasteiger partial charge is 0.251 e. The largest absolute Gasteiger partial charge is 0.383 e. The molecule has 0 unspecified atom stereocenters. The highest BCUT2D eigenvalue weighted by molar-refractivity contribution is 7.98. The van der Waals surface area contributed by atoms with E-state index < -0.39 is 0 Å². The van der Waals surface area contributed by atoms with Crippen molar-refractivity contribution in [2.24, 2.45) is 0 Å². The van der Waals surface area contributed by atoms with E-state index in [9.17, 15) is 4.79 Å². The van der Waals surface area contributed by atoms with Gasteiger partial charge in [0.25, 0.3) is 5.91 Å². The van der Waals surface area contributed by atoms with E-state index in [1.165, 1.54) is 11.8 Å². The first kappa shape index (κ1) is 20.8. The summed E-state index contributed by atoms with van der Waals surface area (Å²) in [5.74, 6) is 1.23. The zero-order valence-corrected chi connectivity index (χ0v) is 17.1. The van der Waals surface area contributed by atoms with E-state index in [4.69, 9.17) is 4.74 Å². The Hall–Kier alpha value is -2.97. The van der Waals surface area contributed by atoms with Gasteiger partial charge in [0.1, 0.15) is 0 Å². The molecule has 0 atom stereocenters. The highest BCUT2D eigenvalue weighted by Gasteiger charge is 2.16. The number of pyridine rings is 1. The summed E-state index contributed by atoms with van der Waals surface area (Å²) in [5, 5.41) is 12.3. The third-order valence-electron chi connectivity index (χ3n) is 4.16. The molecule has 3 aromatic rings. The Morgan fingerprint density at radius 1 is 1.28 bits per heavy atom. The molecule has 0 radical (unpaired) electrons. The van der Waals surface area contributed by atoms with Gasteiger partial charge in [-0.1, -0.05) is 36.0 Å². The lowest BCUT2D eigenvalue weighted by atomic mass is 10.1. The van der Waals surface area contributed by atoms with Gasteiger partial charge < -0.3 is 10.1 Å². The molecule has 0 saturated heterocycles. The van der Waals surface area contributed by atoms with Crippen LogP contribution in [0, 0.1) is 0 Å². The van der Waals surface area contributed by atoms with Gasteiger partial charge in [-0.15, -0.1) is 16.8 Å². The minimum Gasteiger partial charge on any atom is -0.383 e. The van der Waals surface area contributed by atoms with Gasteiger partial charge in [0.05, 0.1) is 6.61 Å². The van der Waals surface area contributed by atoms with Crippen LogP contribution in [0.5, 0.6) is 0 Å². The minimum absolute atomic E-state index is 0.109. The molecule has 0 spiro atoms. The van der Waals surface area contributed by atoms with Crippen molar-refractivity contribution in [1.29, 1.82) is 0 Å². The number of amides is 1. The third kappa shape index (κ3) is 5.30. The van der Waals surface area contributed by atoms with Crippen molar-refractivity contribution in [2.75, 3.05) is 20.3 Å². The molecule has 8 heteroatoms. The lowest BCUT2D eigenvalue weighted by molar-refractivity contribution is 0.0936. The Labute approximate surface area is 174 Å². The number of nitrogens with zero attached hydrogens (tertiary/aromatic N) is 4. The average molecular weight is 410 g/mol. The molecule has 1 N–H and O–H groups in total. The average Bonchev–Trinajstić information content (AvgIpc) is 3.16. The van der Waals surface area contributed by atoms with Crippen molar-refractivity contribution < 1.29 is 9.53 Å². The Bertz CT molecular complexity index is 959. The predicted molar refractivity (Wildman–Crippen MR) is 114 cm³/mol. The zero-order chi connectivity index (χ0) is 20.5. The summed E-state index contributed by atoms with van der Waals surface area (Å²) in [4.78, 5) is 16.6. The Morgan fingerprint density at radius 2 is 2.14 bits per heavy atom. The van der Waals surface area contributed by atoms with Crippen LogP contribution < -0.4 is 5.32 Å². The summed E-state index contributed by atoms with van der Waals surface area (Å²) in [6.07, 6.45) is 5.30. The number of methoxy groups -OCH3 is 1. The molecule has 0 bridgehead atoms. The van der Waals surface area contributed by atoms with Crippen LogP contribution in [0.4, 0.5) is 0 Å². The van der Waals surface area contributed by atoms with Crippen molar-refractivity contribution in [3.8, 4) is 11.4 Å². The standard InChI is InChI=1S/C21H23N5O2S/c1-3-12-26-19(16-8-6-10-22-14-16)24-25-21(26)29-15-17-7-4-5-9-18(17)20(27)23-11-13-28-2/h3-10,14H,1,11-13,15H2,2H3,(H,23,27). The molecular formula is C21H23N5O2S. The predicted octanol–water partition coefficient (Wildman–Crippen LogP) is 3.19. The van der Waals surface area contributed by atoms with E-state index in [0.717, 1.165) is 22.1 Å². The van der Waals surface area contributed by atoms with Crippen molar-refractivity contribution in [3.63, 3.8) is 0 Å². The van der Waals surface area contributed by atoms with E-state index in [0.29, 0.717) is 31.0 Å². The summed E-state index contributed by atoms with van der Waals surface area (Å²) in [7, 11) is 1.61. The van der Waals surface area contributed by atoms with Gasteiger partial charge in [-0.3, -0.25) is 14.3 Å². The quantitative estimate of drug-likeness (QED) is 0.315. The maximum absolute atomic E-state index is 12.5. The molecule has 0 aliphatic heterocycles. The van der Waals surface area contributed by atoms with E-state index in [-0.39, 0.29) is 5.91 Å². The number of benzene rings is 1. The Kier molecular flexibility index (Phi) is 7.54. The van der Waals surface area contributed by atoms with Crippen LogP contribution in [-0.2, 0) is 17.0 Å². The molecule has 2 aromatic heterocycles. The number of aromatic nitrogens is 4. The van der Waals surface area contributed by atoms with E-state index >= 15 is 0 Å². The van der Waals surface area contributed by atoms with Gasteiger partial charge in [-0.05, 0) is 23.8 Å². The fraction of sp³-hybridized carbons (Fsp3) is 0.238. The second-order valence-electron chi connectivity index (χ2n) is 6.14. The normalized spacial score (nSPS) is 10.7. The molecule has 29 heavy (non-hydrogen) atoms. The van der Waals surface area contributed by atoms with Crippen LogP contribution in [0.3, 0.4) is 0 Å². The van der Waals surface area contributed by atoms with Crippen LogP contribution in [0.2, 0.25) is 0 Å². The number of hydrogen-bond donors (Lipinski definition) is 1. The number of carbonyl (C=O) groups excluding carboxylic acids is 1. The Balaban J connectivity index is 1.78. The summed E-state index contributed by atoms with van der Waals surface area (Å²) in [6.45, 7) is 5.37. The van der Waals surface area contributed by atoms with Gasteiger partial charge in [0, 0.05) is 49.5 Å². The highest BCUT2D eigenvalue weighted by atomic mass is 32.2. The van der Waals surface area contributed by atoms with Crippen LogP contribution in [0.15, 0.2) is 66.6 Å². The SMILES string of the molecule is C=CCn1c(SCc2ccccc2C(=O)NCCOC)nnc1-c1cccnc1. The fourth-order valence-corrected chi connectivity index (χ4v) is 3.72. The Morgan fingerprint density at radius 3 is 2.90 bits per heavy atom. The first-order valence-electron chi connectivity index (χ1n) is 9.17. The van der Waals surface area contributed by atoms with E-state index in [1.54, 1.807) is 19.5 Å². The second kappa shape index (κ2) is 10.5. The summed E-state index contributed by atoms with van der Waals surface area (Å²) >= 11 is 1.53. The van der Waals surface area contributed by atoms with Crippen molar-refractivity contribution in [3.05, 3.63) is 72.6 Å². The van der Waals surface area contributed by atoms with Crippen LogP contribution in [0.1, 0.15) is 15.9 Å². The maximum atomic E-state index is 12.5. The van der Waals surface area contributed by atoms with Crippen molar-refractivity contribution in [2.45, 2.75) is 17.5 Å². The molecule has 0 aliphatic carbocycles. The first-order valence-corrected chi connectivity index (χ1v) is 10.2. The topological polar surface area (TPSA) is 81.9 Å². The monoisotopic (exact) mass is 409 g/mol. The lowest BCUT2D eigenvalue weighted by Crippen LogP contribution is -2.27. The minimum atomic E-state index is -0.109. The molecule has 3 rings (SSSR count). The molecule has 1 amide bonds. The number of thioether (sulfide) groups is 1. The lowest BCUT2D eigenvalue weighted by Gasteiger charge is -2.11. The summed E-state index contributed by atoms with van der Waals surface area (Å²) < 4.78 is 6.99. The molecule has 2 heterocycles. The van der Waals surface area contributed by atoms with Gasteiger partial charge in [0.2, 0.25) is 0 Å². The van der Waals surface area contributed by atoms with E-state index in [1.807, 2.05) is 47.0 Å². The molecule has 0 fully saturated rings. The molecule has 0 saturated carbocycles. The molecule has 150 valence electrons. The number of rotatable bonds is 10. The molecule has 0 aliphatic rings. The zero-order valence-electron chi connectivity index (χ0n) is 16.2. The second-order valence-corrected chi connectivity index (χ2v) is 7.08. The highest BCUT2D eigenvalue weighted by Crippen LogP contribution is 2.27. The molecule has 7 nitrogen and oxygen atoms in total. The molecular weight excluding hydrogens is 386 g/mol. The number of ether oxygens (including phenoxy) is 1. The van der Waals surface area contributed by atoms with Crippen LogP contribution in [-0.4, -0.2) is 45.9 Å². The van der Waals surface area contributed by atoms with Crippen LogP contribution >= 0.6 is 11.8 Å². The number of hydrogen-bond acceptors (Lipinski definition) is 6.